The highest BCUT2D eigenvalue weighted by atomic mass is 16.2. The Bertz CT molecular complexity index is 169. The predicted octanol–water partition coefficient (Wildman–Crippen LogP) is -0.316. The molecular weight excluding hydrogens is 140 g/mol. The van der Waals surface area contributed by atoms with Crippen molar-refractivity contribution in [2.75, 3.05) is 26.2 Å². The summed E-state index contributed by atoms with van der Waals surface area (Å²) >= 11 is 0. The first-order valence-electron chi connectivity index (χ1n) is 4.23. The van der Waals surface area contributed by atoms with E-state index in [-0.39, 0.29) is 5.91 Å². The van der Waals surface area contributed by atoms with Crippen LogP contribution in [0.5, 0.6) is 0 Å². The molecule has 0 aromatic carbocycles. The Hall–Kier alpha value is -0.570. The molecule has 3 heteroatoms. The second-order valence-electron chi connectivity index (χ2n) is 3.60. The number of likely N-dealkylation sites (tertiary alicyclic amines) is 1. The van der Waals surface area contributed by atoms with Gasteiger partial charge in [0, 0.05) is 33.1 Å². The van der Waals surface area contributed by atoms with Crippen LogP contribution in [0.2, 0.25) is 0 Å². The zero-order valence-corrected chi connectivity index (χ0v) is 6.84. The van der Waals surface area contributed by atoms with E-state index in [4.69, 9.17) is 0 Å². The van der Waals surface area contributed by atoms with Gasteiger partial charge in [-0.15, -0.1) is 0 Å². The van der Waals surface area contributed by atoms with Crippen molar-refractivity contribution in [3.63, 3.8) is 0 Å². The Morgan fingerprint density at radius 1 is 1.36 bits per heavy atom. The van der Waals surface area contributed by atoms with E-state index in [9.17, 15) is 4.79 Å². The fourth-order valence-electron chi connectivity index (χ4n) is 2.11. The number of hydrogen-bond donors (Lipinski definition) is 1. The second kappa shape index (κ2) is 2.48. The average molecular weight is 154 g/mol. The third-order valence-electron chi connectivity index (χ3n) is 2.83. The first-order chi connectivity index (χ1) is 5.27. The molecule has 1 amide bonds. The molecule has 2 atom stereocenters. The molecule has 0 bridgehead atoms. The van der Waals surface area contributed by atoms with E-state index in [1.807, 2.05) is 4.90 Å². The fraction of sp³-hybridized carbons (Fsp3) is 0.875. The lowest BCUT2D eigenvalue weighted by Crippen LogP contribution is -2.29. The van der Waals surface area contributed by atoms with E-state index >= 15 is 0 Å². The Kier molecular flexibility index (Phi) is 1.60. The van der Waals surface area contributed by atoms with E-state index in [0.29, 0.717) is 0 Å². The van der Waals surface area contributed by atoms with E-state index < -0.39 is 0 Å². The highest BCUT2D eigenvalue weighted by molar-refractivity contribution is 5.73. The molecule has 11 heavy (non-hydrogen) atoms. The van der Waals surface area contributed by atoms with Crippen LogP contribution in [0.3, 0.4) is 0 Å². The number of hydrogen-bond acceptors (Lipinski definition) is 2. The third-order valence-corrected chi connectivity index (χ3v) is 2.83. The summed E-state index contributed by atoms with van der Waals surface area (Å²) < 4.78 is 0. The van der Waals surface area contributed by atoms with Crippen molar-refractivity contribution in [1.82, 2.24) is 10.2 Å². The van der Waals surface area contributed by atoms with Gasteiger partial charge in [0.25, 0.3) is 0 Å². The summed E-state index contributed by atoms with van der Waals surface area (Å²) in [7, 11) is 0. The van der Waals surface area contributed by atoms with Gasteiger partial charge in [-0.2, -0.15) is 0 Å². The van der Waals surface area contributed by atoms with Gasteiger partial charge in [-0.05, 0) is 11.8 Å². The highest BCUT2D eigenvalue weighted by Gasteiger charge is 2.36. The van der Waals surface area contributed by atoms with Crippen LogP contribution in [0.1, 0.15) is 6.92 Å². The lowest BCUT2D eigenvalue weighted by molar-refractivity contribution is -0.128. The van der Waals surface area contributed by atoms with Crippen molar-refractivity contribution < 1.29 is 4.79 Å². The summed E-state index contributed by atoms with van der Waals surface area (Å²) in [6.45, 7) is 5.83. The molecule has 0 aromatic heterocycles. The van der Waals surface area contributed by atoms with Crippen molar-refractivity contribution in [3.05, 3.63) is 0 Å². The molecule has 0 spiro atoms. The maximum Gasteiger partial charge on any atom is 0.219 e. The van der Waals surface area contributed by atoms with E-state index in [0.717, 1.165) is 38.0 Å². The normalized spacial score (nSPS) is 35.9. The standard InChI is InChI=1S/C8H14N2O/c1-6(11)10-4-7-2-9-3-8(7)5-10/h7-9H,2-5H2,1H3/t7-,8-/m1/s1. The Balaban J connectivity index is 1.99. The van der Waals surface area contributed by atoms with E-state index in [2.05, 4.69) is 5.32 Å². The molecule has 2 saturated heterocycles. The number of nitrogens with zero attached hydrogens (tertiary/aromatic N) is 1. The molecule has 2 fully saturated rings. The molecule has 2 aliphatic heterocycles. The molecular formula is C8H14N2O. The average Bonchev–Trinajstić information content (AvgIpc) is 2.40. The number of carbonyl (C=O) groups is 1. The summed E-state index contributed by atoms with van der Waals surface area (Å²) in [5, 5.41) is 3.35. The molecule has 0 aromatic rings. The SMILES string of the molecule is CC(=O)N1C[C@H]2CNC[C@@H]2C1. The summed E-state index contributed by atoms with van der Waals surface area (Å²) in [4.78, 5) is 13.0. The lowest BCUT2D eigenvalue weighted by Gasteiger charge is -2.13. The van der Waals surface area contributed by atoms with Gasteiger partial charge < -0.3 is 10.2 Å². The van der Waals surface area contributed by atoms with Gasteiger partial charge in [-0.25, -0.2) is 0 Å². The highest BCUT2D eigenvalue weighted by Crippen LogP contribution is 2.25. The minimum absolute atomic E-state index is 0.236. The molecule has 1 N–H and O–H groups in total. The summed E-state index contributed by atoms with van der Waals surface area (Å²) in [6, 6.07) is 0. The maximum atomic E-state index is 11.0. The van der Waals surface area contributed by atoms with Crippen LogP contribution in [0, 0.1) is 11.8 Å². The van der Waals surface area contributed by atoms with Gasteiger partial charge in [0.2, 0.25) is 5.91 Å². The fourth-order valence-corrected chi connectivity index (χ4v) is 2.11. The van der Waals surface area contributed by atoms with Gasteiger partial charge in [0.05, 0.1) is 0 Å². The molecule has 2 rings (SSSR count). The monoisotopic (exact) mass is 154 g/mol. The number of fused-ring (bicyclic) bond motifs is 1. The Morgan fingerprint density at radius 2 is 1.91 bits per heavy atom. The molecule has 62 valence electrons. The molecule has 0 radical (unpaired) electrons. The van der Waals surface area contributed by atoms with Crippen LogP contribution in [0.25, 0.3) is 0 Å². The molecule has 3 nitrogen and oxygen atoms in total. The number of rotatable bonds is 0. The first kappa shape index (κ1) is 7.10. The van der Waals surface area contributed by atoms with Crippen molar-refractivity contribution in [2.45, 2.75) is 6.92 Å². The minimum atomic E-state index is 0.236. The Labute approximate surface area is 66.8 Å². The first-order valence-corrected chi connectivity index (χ1v) is 4.23. The summed E-state index contributed by atoms with van der Waals surface area (Å²) in [5.74, 6) is 1.71. The quantitative estimate of drug-likeness (QED) is 0.519. The lowest BCUT2D eigenvalue weighted by atomic mass is 10.0. The van der Waals surface area contributed by atoms with Crippen molar-refractivity contribution in [2.24, 2.45) is 11.8 Å². The van der Waals surface area contributed by atoms with Crippen molar-refractivity contribution in [3.8, 4) is 0 Å². The smallest absolute Gasteiger partial charge is 0.219 e. The zero-order valence-electron chi connectivity index (χ0n) is 6.84. The number of nitrogens with one attached hydrogen (secondary N) is 1. The zero-order chi connectivity index (χ0) is 7.84. The third kappa shape index (κ3) is 1.13. The number of amides is 1. The van der Waals surface area contributed by atoms with E-state index in [1.54, 1.807) is 6.92 Å². The van der Waals surface area contributed by atoms with Gasteiger partial charge in [0.15, 0.2) is 0 Å². The predicted molar refractivity (Wildman–Crippen MR) is 42.1 cm³/mol. The van der Waals surface area contributed by atoms with Crippen LogP contribution < -0.4 is 5.32 Å². The largest absolute Gasteiger partial charge is 0.342 e. The van der Waals surface area contributed by atoms with Crippen molar-refractivity contribution in [1.29, 1.82) is 0 Å². The van der Waals surface area contributed by atoms with Crippen LogP contribution in [-0.2, 0) is 4.79 Å². The van der Waals surface area contributed by atoms with Crippen LogP contribution >= 0.6 is 0 Å². The summed E-state index contributed by atoms with van der Waals surface area (Å²) in [6.07, 6.45) is 0. The van der Waals surface area contributed by atoms with Crippen LogP contribution in [-0.4, -0.2) is 37.0 Å². The molecule has 0 aliphatic carbocycles. The minimum Gasteiger partial charge on any atom is -0.342 e. The summed E-state index contributed by atoms with van der Waals surface area (Å²) in [5.41, 5.74) is 0. The van der Waals surface area contributed by atoms with Gasteiger partial charge in [-0.3, -0.25) is 4.79 Å². The molecule has 0 unspecified atom stereocenters. The molecule has 2 heterocycles. The van der Waals surface area contributed by atoms with E-state index in [1.165, 1.54) is 0 Å². The van der Waals surface area contributed by atoms with Gasteiger partial charge >= 0.3 is 0 Å². The van der Waals surface area contributed by atoms with Gasteiger partial charge in [0.1, 0.15) is 0 Å². The maximum absolute atomic E-state index is 11.0. The second-order valence-corrected chi connectivity index (χ2v) is 3.60. The molecule has 0 saturated carbocycles. The van der Waals surface area contributed by atoms with Crippen molar-refractivity contribution >= 4 is 5.91 Å². The topological polar surface area (TPSA) is 32.3 Å². The van der Waals surface area contributed by atoms with Gasteiger partial charge in [-0.1, -0.05) is 0 Å². The van der Waals surface area contributed by atoms with Crippen LogP contribution in [0.4, 0.5) is 0 Å². The number of carbonyl (C=O) groups excluding carboxylic acids is 1. The van der Waals surface area contributed by atoms with Crippen LogP contribution in [0.15, 0.2) is 0 Å². The molecule has 2 aliphatic rings. The Morgan fingerprint density at radius 3 is 2.36 bits per heavy atom.